The molecule has 0 saturated carbocycles. The molecule has 1 aliphatic rings. The standard InChI is InChI=1S/C19H16F3N5O4S2/c20-19(21,22)31-11-7-5-10(6-8-11)27-18(24-25-26-27)32-9-14(28)23-16-15(17(29)30)12-3-1-2-4-13(12)33-16/h5-8H,1-4,9H2,(H,23,28)(H,29,30)/p-1. The zero-order valence-electron chi connectivity index (χ0n) is 16.7. The van der Waals surface area contributed by atoms with Gasteiger partial charge in [0, 0.05) is 10.4 Å². The third-order valence-electron chi connectivity index (χ3n) is 4.72. The Hall–Kier alpha value is -3.13. The zero-order chi connectivity index (χ0) is 23.6. The van der Waals surface area contributed by atoms with Gasteiger partial charge in [-0.05, 0) is 65.9 Å². The van der Waals surface area contributed by atoms with E-state index in [0.29, 0.717) is 12.1 Å². The van der Waals surface area contributed by atoms with Gasteiger partial charge in [0.05, 0.1) is 17.4 Å². The van der Waals surface area contributed by atoms with Crippen molar-refractivity contribution in [3.05, 3.63) is 40.3 Å². The lowest BCUT2D eigenvalue weighted by Gasteiger charge is -2.13. The summed E-state index contributed by atoms with van der Waals surface area (Å²) in [5.41, 5.74) is 1.14. The van der Waals surface area contributed by atoms with Gasteiger partial charge >= 0.3 is 6.36 Å². The number of thioether (sulfide) groups is 1. The molecule has 1 aliphatic carbocycles. The molecule has 4 rings (SSSR count). The van der Waals surface area contributed by atoms with Crippen LogP contribution in [-0.2, 0) is 17.6 Å². The number of alkyl halides is 3. The molecule has 33 heavy (non-hydrogen) atoms. The van der Waals surface area contributed by atoms with Crippen molar-refractivity contribution in [2.75, 3.05) is 11.1 Å². The minimum Gasteiger partial charge on any atom is -0.545 e. The van der Waals surface area contributed by atoms with Gasteiger partial charge in [-0.25, -0.2) is 0 Å². The van der Waals surface area contributed by atoms with Crippen LogP contribution in [0.15, 0.2) is 29.4 Å². The second-order valence-electron chi connectivity index (χ2n) is 6.95. The average molecular weight is 498 g/mol. The lowest BCUT2D eigenvalue weighted by Crippen LogP contribution is -2.26. The van der Waals surface area contributed by atoms with E-state index in [1.165, 1.54) is 28.2 Å². The predicted molar refractivity (Wildman–Crippen MR) is 110 cm³/mol. The molecule has 2 heterocycles. The number of fused-ring (bicyclic) bond motifs is 1. The van der Waals surface area contributed by atoms with E-state index in [4.69, 9.17) is 0 Å². The molecular formula is C19H15F3N5O4S2-. The van der Waals surface area contributed by atoms with Gasteiger partial charge in [-0.1, -0.05) is 11.8 Å². The van der Waals surface area contributed by atoms with E-state index >= 15 is 0 Å². The fourth-order valence-corrected chi connectivity index (χ4v) is 5.37. The Morgan fingerprint density at radius 2 is 1.94 bits per heavy atom. The summed E-state index contributed by atoms with van der Waals surface area (Å²) >= 11 is 2.23. The molecular weight excluding hydrogens is 483 g/mol. The molecule has 3 aromatic rings. The third kappa shape index (κ3) is 5.45. The molecule has 0 atom stereocenters. The summed E-state index contributed by atoms with van der Waals surface area (Å²) in [5, 5.41) is 25.9. The fraction of sp³-hybridized carbons (Fsp3) is 0.316. The number of nitrogens with zero attached hydrogens (tertiary/aromatic N) is 4. The van der Waals surface area contributed by atoms with E-state index in [1.807, 2.05) is 0 Å². The summed E-state index contributed by atoms with van der Waals surface area (Å²) in [7, 11) is 0. The van der Waals surface area contributed by atoms with Crippen molar-refractivity contribution in [1.29, 1.82) is 0 Å². The van der Waals surface area contributed by atoms with E-state index in [0.717, 1.165) is 53.6 Å². The van der Waals surface area contributed by atoms with E-state index in [1.54, 1.807) is 0 Å². The Balaban J connectivity index is 1.42. The largest absolute Gasteiger partial charge is 0.573 e. The molecule has 0 saturated heterocycles. The quantitative estimate of drug-likeness (QED) is 0.494. The molecule has 1 aromatic carbocycles. The SMILES string of the molecule is O=C(CSc1nnnn1-c1ccc(OC(F)(F)F)cc1)Nc1sc2c(c1C(=O)[O-])CCCC2. The number of rotatable bonds is 7. The number of aromatic carboxylic acids is 1. The number of carbonyl (C=O) groups excluding carboxylic acids is 2. The lowest BCUT2D eigenvalue weighted by atomic mass is 9.95. The van der Waals surface area contributed by atoms with Crippen LogP contribution in [0.4, 0.5) is 18.2 Å². The Kier molecular flexibility index (Phi) is 6.56. The number of hydrogen-bond donors (Lipinski definition) is 1. The summed E-state index contributed by atoms with van der Waals surface area (Å²) in [6, 6.07) is 4.91. The van der Waals surface area contributed by atoms with Crippen LogP contribution in [-0.4, -0.2) is 44.2 Å². The van der Waals surface area contributed by atoms with Gasteiger partial charge < -0.3 is 20.0 Å². The zero-order valence-corrected chi connectivity index (χ0v) is 18.4. The number of carboxylic acid groups (broad SMARTS) is 1. The number of benzene rings is 1. The number of carboxylic acids is 1. The Labute approximate surface area is 192 Å². The van der Waals surface area contributed by atoms with E-state index in [2.05, 4.69) is 25.6 Å². The average Bonchev–Trinajstić information content (AvgIpc) is 3.35. The smallest absolute Gasteiger partial charge is 0.545 e. The maximum Gasteiger partial charge on any atom is 0.573 e. The van der Waals surface area contributed by atoms with Crippen molar-refractivity contribution in [2.24, 2.45) is 0 Å². The number of halogens is 3. The van der Waals surface area contributed by atoms with Crippen molar-refractivity contribution < 1.29 is 32.6 Å². The minimum atomic E-state index is -4.80. The number of ether oxygens (including phenoxy) is 1. The van der Waals surface area contributed by atoms with Gasteiger partial charge in [0.1, 0.15) is 10.8 Å². The van der Waals surface area contributed by atoms with Crippen LogP contribution in [0.1, 0.15) is 33.6 Å². The van der Waals surface area contributed by atoms with Crippen molar-refractivity contribution in [3.63, 3.8) is 0 Å². The number of hydrogen-bond acceptors (Lipinski definition) is 9. The highest BCUT2D eigenvalue weighted by atomic mass is 32.2. The Morgan fingerprint density at radius 1 is 1.21 bits per heavy atom. The fourth-order valence-electron chi connectivity index (χ4n) is 3.38. The number of anilines is 1. The molecule has 0 unspecified atom stereocenters. The molecule has 9 nitrogen and oxygen atoms in total. The van der Waals surface area contributed by atoms with Crippen LogP contribution in [0, 0.1) is 0 Å². The first-order valence-electron chi connectivity index (χ1n) is 9.64. The second-order valence-corrected chi connectivity index (χ2v) is 9.00. The van der Waals surface area contributed by atoms with Crippen LogP contribution >= 0.6 is 23.1 Å². The van der Waals surface area contributed by atoms with Crippen LogP contribution in [0.25, 0.3) is 5.69 Å². The number of aromatic nitrogens is 4. The van der Waals surface area contributed by atoms with Crippen molar-refractivity contribution in [1.82, 2.24) is 20.2 Å². The Morgan fingerprint density at radius 3 is 2.64 bits per heavy atom. The van der Waals surface area contributed by atoms with Crippen LogP contribution in [0.3, 0.4) is 0 Å². The third-order valence-corrected chi connectivity index (χ3v) is 6.84. The molecule has 174 valence electrons. The second kappa shape index (κ2) is 9.39. The van der Waals surface area contributed by atoms with Gasteiger partial charge in [-0.2, -0.15) is 4.68 Å². The number of nitrogens with one attached hydrogen (secondary N) is 1. The Bertz CT molecular complexity index is 1180. The van der Waals surface area contributed by atoms with Gasteiger partial charge in [-0.3, -0.25) is 4.79 Å². The number of carbonyl (C=O) groups is 2. The van der Waals surface area contributed by atoms with Crippen LogP contribution in [0.2, 0.25) is 0 Å². The highest BCUT2D eigenvalue weighted by Crippen LogP contribution is 2.38. The van der Waals surface area contributed by atoms with Crippen LogP contribution < -0.4 is 15.2 Å². The molecule has 2 aromatic heterocycles. The maximum absolute atomic E-state index is 12.5. The number of aryl methyl sites for hydroxylation is 1. The molecule has 14 heteroatoms. The minimum absolute atomic E-state index is 0.0408. The molecule has 1 N–H and O–H groups in total. The number of thiophene rings is 1. The molecule has 0 radical (unpaired) electrons. The summed E-state index contributed by atoms with van der Waals surface area (Å²) < 4.78 is 42.0. The summed E-state index contributed by atoms with van der Waals surface area (Å²) in [6.07, 6.45) is -1.54. The monoisotopic (exact) mass is 498 g/mol. The highest BCUT2D eigenvalue weighted by molar-refractivity contribution is 7.99. The van der Waals surface area contributed by atoms with E-state index in [9.17, 15) is 27.9 Å². The molecule has 1 amide bonds. The molecule has 0 aliphatic heterocycles. The topological polar surface area (TPSA) is 122 Å². The van der Waals surface area contributed by atoms with Gasteiger partial charge in [0.25, 0.3) is 0 Å². The summed E-state index contributed by atoms with van der Waals surface area (Å²) in [4.78, 5) is 25.1. The van der Waals surface area contributed by atoms with E-state index < -0.39 is 24.0 Å². The van der Waals surface area contributed by atoms with Crippen molar-refractivity contribution in [2.45, 2.75) is 37.2 Å². The van der Waals surface area contributed by atoms with E-state index in [-0.39, 0.29) is 21.5 Å². The summed E-state index contributed by atoms with van der Waals surface area (Å²) in [5.74, 6) is -2.29. The summed E-state index contributed by atoms with van der Waals surface area (Å²) in [6.45, 7) is 0. The highest BCUT2D eigenvalue weighted by Gasteiger charge is 2.31. The molecule has 0 spiro atoms. The number of tetrazole rings is 1. The van der Waals surface area contributed by atoms with Crippen molar-refractivity contribution in [3.8, 4) is 11.4 Å². The predicted octanol–water partition coefficient (Wildman–Crippen LogP) is 2.60. The van der Waals surface area contributed by atoms with Gasteiger partial charge in [0.15, 0.2) is 0 Å². The maximum atomic E-state index is 12.5. The molecule has 0 bridgehead atoms. The lowest BCUT2D eigenvalue weighted by molar-refractivity contribution is -0.274. The van der Waals surface area contributed by atoms with Gasteiger partial charge in [-0.15, -0.1) is 29.6 Å². The van der Waals surface area contributed by atoms with Gasteiger partial charge in [0.2, 0.25) is 11.1 Å². The number of amides is 1. The first-order chi connectivity index (χ1) is 15.7. The van der Waals surface area contributed by atoms with Crippen molar-refractivity contribution >= 4 is 40.0 Å². The first kappa shape index (κ1) is 23.0. The normalized spacial score (nSPS) is 13.4. The van der Waals surface area contributed by atoms with Crippen LogP contribution in [0.5, 0.6) is 5.75 Å². The first-order valence-corrected chi connectivity index (χ1v) is 11.4. The molecule has 0 fully saturated rings.